The molecule has 1 aliphatic carbocycles. The van der Waals surface area contributed by atoms with Gasteiger partial charge < -0.3 is 11.1 Å². The van der Waals surface area contributed by atoms with E-state index in [0.29, 0.717) is 23.2 Å². The predicted octanol–water partition coefficient (Wildman–Crippen LogP) is 2.58. The molecular weight excluding hydrogens is 212 g/mol. The van der Waals surface area contributed by atoms with Crippen molar-refractivity contribution in [3.63, 3.8) is 0 Å². The first-order valence-corrected chi connectivity index (χ1v) is 6.33. The van der Waals surface area contributed by atoms with Gasteiger partial charge >= 0.3 is 0 Å². The van der Waals surface area contributed by atoms with Gasteiger partial charge in [0, 0.05) is 17.3 Å². The quantitative estimate of drug-likeness (QED) is 0.770. The summed E-state index contributed by atoms with van der Waals surface area (Å²) in [6.07, 6.45) is 4.80. The zero-order chi connectivity index (χ0) is 12.3. The molecule has 1 saturated carbocycles. The van der Waals surface area contributed by atoms with Crippen LogP contribution in [0.1, 0.15) is 43.0 Å². The number of hydrogen-bond acceptors (Lipinski definition) is 2. The van der Waals surface area contributed by atoms with Crippen molar-refractivity contribution in [2.24, 2.45) is 5.92 Å². The monoisotopic (exact) mass is 232 g/mol. The van der Waals surface area contributed by atoms with Crippen molar-refractivity contribution in [3.05, 3.63) is 29.8 Å². The fraction of sp³-hybridized carbons (Fsp3) is 0.500. The first-order chi connectivity index (χ1) is 8.16. The van der Waals surface area contributed by atoms with Crippen LogP contribution in [0.4, 0.5) is 5.69 Å². The summed E-state index contributed by atoms with van der Waals surface area (Å²) in [5, 5.41) is 3.12. The van der Waals surface area contributed by atoms with Crippen LogP contribution in [-0.2, 0) is 0 Å². The van der Waals surface area contributed by atoms with Crippen molar-refractivity contribution in [3.8, 4) is 0 Å². The molecule has 92 valence electrons. The smallest absolute Gasteiger partial charge is 0.251 e. The highest BCUT2D eigenvalue weighted by Gasteiger charge is 2.23. The molecule has 0 spiro atoms. The number of nitrogens with one attached hydrogen (secondary N) is 1. The Labute approximate surface area is 102 Å². The third-order valence-corrected chi connectivity index (χ3v) is 3.58. The number of nitrogen functional groups attached to an aromatic ring is 1. The second kappa shape index (κ2) is 5.21. The van der Waals surface area contributed by atoms with Crippen LogP contribution in [0.2, 0.25) is 0 Å². The second-order valence-electron chi connectivity index (χ2n) is 4.97. The molecule has 0 radical (unpaired) electrons. The predicted molar refractivity (Wildman–Crippen MR) is 69.7 cm³/mol. The topological polar surface area (TPSA) is 55.1 Å². The lowest BCUT2D eigenvalue weighted by atomic mass is 9.86. The van der Waals surface area contributed by atoms with Crippen molar-refractivity contribution < 1.29 is 4.79 Å². The zero-order valence-electron chi connectivity index (χ0n) is 10.3. The summed E-state index contributed by atoms with van der Waals surface area (Å²) < 4.78 is 0. The van der Waals surface area contributed by atoms with E-state index in [1.54, 1.807) is 18.2 Å². The average Bonchev–Trinajstić information content (AvgIpc) is 2.32. The van der Waals surface area contributed by atoms with Crippen LogP contribution < -0.4 is 11.1 Å². The number of anilines is 1. The summed E-state index contributed by atoms with van der Waals surface area (Å²) in [7, 11) is 0. The molecule has 17 heavy (non-hydrogen) atoms. The Kier molecular flexibility index (Phi) is 3.67. The highest BCUT2D eigenvalue weighted by Crippen LogP contribution is 2.24. The van der Waals surface area contributed by atoms with E-state index >= 15 is 0 Å². The molecule has 3 N–H and O–H groups in total. The average molecular weight is 232 g/mol. The Bertz CT molecular complexity index is 403. The van der Waals surface area contributed by atoms with Crippen molar-refractivity contribution in [1.29, 1.82) is 0 Å². The maximum Gasteiger partial charge on any atom is 0.251 e. The van der Waals surface area contributed by atoms with E-state index in [1.165, 1.54) is 19.3 Å². The Balaban J connectivity index is 2.01. The van der Waals surface area contributed by atoms with Crippen molar-refractivity contribution in [2.75, 3.05) is 5.73 Å². The number of rotatable bonds is 2. The molecule has 0 bridgehead atoms. The number of carbonyl (C=O) groups is 1. The summed E-state index contributed by atoms with van der Waals surface area (Å²) in [5.41, 5.74) is 6.97. The molecule has 0 saturated heterocycles. The summed E-state index contributed by atoms with van der Waals surface area (Å²) >= 11 is 0. The molecule has 1 aliphatic rings. The number of hydrogen-bond donors (Lipinski definition) is 2. The molecule has 1 aromatic carbocycles. The van der Waals surface area contributed by atoms with Crippen LogP contribution in [0.3, 0.4) is 0 Å². The highest BCUT2D eigenvalue weighted by atomic mass is 16.1. The zero-order valence-corrected chi connectivity index (χ0v) is 10.3. The molecule has 3 nitrogen and oxygen atoms in total. The van der Waals surface area contributed by atoms with E-state index in [4.69, 9.17) is 5.73 Å². The van der Waals surface area contributed by atoms with Gasteiger partial charge in [0.05, 0.1) is 0 Å². The number of benzene rings is 1. The summed E-state index contributed by atoms with van der Waals surface area (Å²) in [6, 6.07) is 7.45. The molecule has 1 aromatic rings. The van der Waals surface area contributed by atoms with Crippen LogP contribution in [0.25, 0.3) is 0 Å². The van der Waals surface area contributed by atoms with Crippen molar-refractivity contribution in [1.82, 2.24) is 5.32 Å². The minimum atomic E-state index is -0.00366. The van der Waals surface area contributed by atoms with Gasteiger partial charge in [0.15, 0.2) is 0 Å². The van der Waals surface area contributed by atoms with Crippen molar-refractivity contribution in [2.45, 2.75) is 38.6 Å². The van der Waals surface area contributed by atoms with Crippen LogP contribution in [0.15, 0.2) is 24.3 Å². The van der Waals surface area contributed by atoms with Gasteiger partial charge in [0.2, 0.25) is 0 Å². The van der Waals surface area contributed by atoms with Crippen LogP contribution >= 0.6 is 0 Å². The number of nitrogens with two attached hydrogens (primary N) is 1. The van der Waals surface area contributed by atoms with E-state index in [0.717, 1.165) is 6.42 Å². The maximum atomic E-state index is 12.0. The standard InChI is InChI=1S/C14H20N2O/c1-10-5-2-3-8-13(10)16-14(17)11-6-4-7-12(15)9-11/h4,6-7,9-10,13H,2-3,5,8,15H2,1H3,(H,16,17)/t10-,13+/m0/s1. The minimum absolute atomic E-state index is 0.00366. The van der Waals surface area contributed by atoms with E-state index in [1.807, 2.05) is 6.07 Å². The van der Waals surface area contributed by atoms with Crippen LogP contribution in [0.5, 0.6) is 0 Å². The molecule has 2 atom stereocenters. The van der Waals surface area contributed by atoms with Gasteiger partial charge in [0.25, 0.3) is 5.91 Å². The lowest BCUT2D eigenvalue weighted by Crippen LogP contribution is -2.41. The van der Waals surface area contributed by atoms with Gasteiger partial charge in [-0.15, -0.1) is 0 Å². The van der Waals surface area contributed by atoms with Gasteiger partial charge in [-0.2, -0.15) is 0 Å². The molecule has 3 heteroatoms. The second-order valence-corrected chi connectivity index (χ2v) is 4.97. The summed E-state index contributed by atoms with van der Waals surface area (Å²) in [4.78, 5) is 12.0. The number of carbonyl (C=O) groups excluding carboxylic acids is 1. The summed E-state index contributed by atoms with van der Waals surface area (Å²) in [6.45, 7) is 2.21. The van der Waals surface area contributed by atoms with Gasteiger partial charge in [-0.3, -0.25) is 4.79 Å². The fourth-order valence-electron chi connectivity index (χ4n) is 2.46. The highest BCUT2D eigenvalue weighted by molar-refractivity contribution is 5.95. The lowest BCUT2D eigenvalue weighted by Gasteiger charge is -2.29. The molecular formula is C14H20N2O. The molecule has 1 fully saturated rings. The molecule has 0 heterocycles. The molecule has 2 rings (SSSR count). The van der Waals surface area contributed by atoms with Gasteiger partial charge in [-0.05, 0) is 37.0 Å². The summed E-state index contributed by atoms with van der Waals surface area (Å²) in [5.74, 6) is 0.574. The molecule has 0 unspecified atom stereocenters. The van der Waals surface area contributed by atoms with E-state index < -0.39 is 0 Å². The lowest BCUT2D eigenvalue weighted by molar-refractivity contribution is 0.0910. The fourth-order valence-corrected chi connectivity index (χ4v) is 2.46. The van der Waals surface area contributed by atoms with E-state index in [9.17, 15) is 4.79 Å². The van der Waals surface area contributed by atoms with E-state index in [-0.39, 0.29) is 5.91 Å². The Morgan fingerprint density at radius 2 is 2.12 bits per heavy atom. The largest absolute Gasteiger partial charge is 0.399 e. The third kappa shape index (κ3) is 2.99. The first-order valence-electron chi connectivity index (χ1n) is 6.33. The van der Waals surface area contributed by atoms with Gasteiger partial charge in [-0.1, -0.05) is 25.8 Å². The van der Waals surface area contributed by atoms with Crippen LogP contribution in [0, 0.1) is 5.92 Å². The third-order valence-electron chi connectivity index (χ3n) is 3.58. The van der Waals surface area contributed by atoms with Gasteiger partial charge in [-0.25, -0.2) is 0 Å². The molecule has 0 aliphatic heterocycles. The Hall–Kier alpha value is -1.51. The molecule has 0 aromatic heterocycles. The van der Waals surface area contributed by atoms with Crippen LogP contribution in [-0.4, -0.2) is 11.9 Å². The normalized spacial score (nSPS) is 24.3. The Morgan fingerprint density at radius 3 is 2.82 bits per heavy atom. The van der Waals surface area contributed by atoms with Gasteiger partial charge in [0.1, 0.15) is 0 Å². The Morgan fingerprint density at radius 1 is 1.35 bits per heavy atom. The number of amides is 1. The van der Waals surface area contributed by atoms with Crippen molar-refractivity contribution >= 4 is 11.6 Å². The first kappa shape index (κ1) is 12.0. The minimum Gasteiger partial charge on any atom is -0.399 e. The maximum absolute atomic E-state index is 12.0. The SMILES string of the molecule is C[C@H]1CCCC[C@H]1NC(=O)c1cccc(N)c1. The molecule has 1 amide bonds. The van der Waals surface area contributed by atoms with E-state index in [2.05, 4.69) is 12.2 Å².